The van der Waals surface area contributed by atoms with Crippen LogP contribution in [0.2, 0.25) is 5.02 Å². The van der Waals surface area contributed by atoms with Gasteiger partial charge in [-0.1, -0.05) is 17.7 Å². The van der Waals surface area contributed by atoms with Crippen molar-refractivity contribution in [2.75, 3.05) is 50.0 Å². The molecular weight excluding hydrogens is 457 g/mol. The molecule has 1 aromatic heterocycles. The Morgan fingerprint density at radius 3 is 2.65 bits per heavy atom. The van der Waals surface area contributed by atoms with Gasteiger partial charge in [0.1, 0.15) is 22.3 Å². The molecule has 3 heterocycles. The van der Waals surface area contributed by atoms with E-state index in [0.717, 1.165) is 24.7 Å². The number of benzene rings is 1. The molecule has 31 heavy (non-hydrogen) atoms. The van der Waals surface area contributed by atoms with Gasteiger partial charge in [-0.15, -0.1) is 0 Å². The standard InChI is InChI=1S/C19H20ClF3N4O3S/c1-26-7-11-8-27(10-19(11,9-26)30-2)13-6-12(21)18(17(23)16(13)20)31(28,29)25-15-5-3-4-14(22)24-15/h3-6,11H,7-10H2,1-2H3,(H,24,25)/t11-,19+/m1/s1. The van der Waals surface area contributed by atoms with Gasteiger partial charge in [0, 0.05) is 45.3 Å². The topological polar surface area (TPSA) is 74.8 Å². The molecule has 0 spiro atoms. The minimum absolute atomic E-state index is 0.0491. The lowest BCUT2D eigenvalue weighted by atomic mass is 9.95. The normalized spacial score (nSPS) is 23.9. The molecule has 2 aliphatic rings. The van der Waals surface area contributed by atoms with Crippen LogP contribution in [0.5, 0.6) is 0 Å². The Kier molecular flexibility index (Phi) is 5.57. The summed E-state index contributed by atoms with van der Waals surface area (Å²) in [6.45, 7) is 2.22. The average Bonchev–Trinajstić information content (AvgIpc) is 3.17. The molecular formula is C19H20ClF3N4O3S. The fourth-order valence-corrected chi connectivity index (χ4v) is 5.89. The molecule has 0 amide bonds. The molecule has 1 N–H and O–H groups in total. The predicted octanol–water partition coefficient (Wildman–Crippen LogP) is 2.72. The molecule has 2 aliphatic heterocycles. The largest absolute Gasteiger partial charge is 0.375 e. The molecule has 0 unspecified atom stereocenters. The molecule has 2 atom stereocenters. The van der Waals surface area contributed by atoms with Gasteiger partial charge in [-0.05, 0) is 19.2 Å². The van der Waals surface area contributed by atoms with Crippen LogP contribution in [-0.2, 0) is 14.8 Å². The molecule has 2 fully saturated rings. The Morgan fingerprint density at radius 2 is 2.00 bits per heavy atom. The van der Waals surface area contributed by atoms with Crippen molar-refractivity contribution in [1.29, 1.82) is 0 Å². The maximum atomic E-state index is 15.0. The van der Waals surface area contributed by atoms with Crippen LogP contribution in [0.15, 0.2) is 29.2 Å². The zero-order chi connectivity index (χ0) is 22.6. The van der Waals surface area contributed by atoms with E-state index in [0.29, 0.717) is 19.6 Å². The number of halogens is 4. The molecule has 2 aromatic rings. The third-order valence-corrected chi connectivity index (χ3v) is 7.53. The van der Waals surface area contributed by atoms with Crippen LogP contribution in [-0.4, -0.2) is 64.2 Å². The second-order valence-electron chi connectivity index (χ2n) is 7.83. The fourth-order valence-electron chi connectivity index (χ4n) is 4.43. The lowest BCUT2D eigenvalue weighted by molar-refractivity contribution is -0.00330. The summed E-state index contributed by atoms with van der Waals surface area (Å²) in [6, 6.07) is 4.25. The maximum absolute atomic E-state index is 15.0. The SMILES string of the molecule is CO[C@]12CN(C)C[C@@H]1CN(c1cc(F)c(S(=O)(=O)Nc3cccc(F)n3)c(F)c1Cl)C2. The van der Waals surface area contributed by atoms with E-state index in [-0.39, 0.29) is 11.6 Å². The number of likely N-dealkylation sites (N-methyl/N-ethyl adjacent to an activating group) is 1. The molecule has 4 rings (SSSR count). The van der Waals surface area contributed by atoms with E-state index >= 15 is 4.39 Å². The highest BCUT2D eigenvalue weighted by molar-refractivity contribution is 7.92. The number of hydrogen-bond acceptors (Lipinski definition) is 6. The Bertz CT molecular complexity index is 1140. The van der Waals surface area contributed by atoms with Crippen LogP contribution >= 0.6 is 11.6 Å². The summed E-state index contributed by atoms with van der Waals surface area (Å²) in [7, 11) is -1.19. The zero-order valence-electron chi connectivity index (χ0n) is 16.7. The van der Waals surface area contributed by atoms with Gasteiger partial charge in [-0.25, -0.2) is 22.2 Å². The lowest BCUT2D eigenvalue weighted by Gasteiger charge is -2.28. The van der Waals surface area contributed by atoms with Crippen LogP contribution in [0.3, 0.4) is 0 Å². The molecule has 168 valence electrons. The minimum atomic E-state index is -4.76. The van der Waals surface area contributed by atoms with Crippen molar-refractivity contribution in [1.82, 2.24) is 9.88 Å². The minimum Gasteiger partial charge on any atom is -0.375 e. The molecule has 7 nitrogen and oxygen atoms in total. The molecule has 0 radical (unpaired) electrons. The van der Waals surface area contributed by atoms with Gasteiger partial charge in [0.05, 0.1) is 5.69 Å². The Balaban J connectivity index is 1.67. The van der Waals surface area contributed by atoms with Crippen molar-refractivity contribution in [2.24, 2.45) is 5.92 Å². The van der Waals surface area contributed by atoms with Gasteiger partial charge in [0.25, 0.3) is 10.0 Å². The number of likely N-dealkylation sites (tertiary alicyclic amines) is 1. The second-order valence-corrected chi connectivity index (χ2v) is 9.83. The van der Waals surface area contributed by atoms with Crippen LogP contribution in [0, 0.1) is 23.5 Å². The number of sulfonamides is 1. The number of fused-ring (bicyclic) bond motifs is 1. The van der Waals surface area contributed by atoms with E-state index in [1.807, 2.05) is 11.8 Å². The van der Waals surface area contributed by atoms with E-state index < -0.39 is 48.9 Å². The molecule has 0 bridgehead atoms. The molecule has 0 saturated carbocycles. The van der Waals surface area contributed by atoms with Crippen LogP contribution in [0.4, 0.5) is 24.7 Å². The van der Waals surface area contributed by atoms with Gasteiger partial charge >= 0.3 is 0 Å². The number of nitrogens with one attached hydrogen (secondary N) is 1. The predicted molar refractivity (Wildman–Crippen MR) is 109 cm³/mol. The van der Waals surface area contributed by atoms with Crippen molar-refractivity contribution in [3.63, 3.8) is 0 Å². The summed E-state index contributed by atoms with van der Waals surface area (Å²) >= 11 is 6.16. The highest BCUT2D eigenvalue weighted by atomic mass is 35.5. The average molecular weight is 477 g/mol. The van der Waals surface area contributed by atoms with Crippen LogP contribution in [0.25, 0.3) is 0 Å². The summed E-state index contributed by atoms with van der Waals surface area (Å²) < 4.78 is 75.9. The van der Waals surface area contributed by atoms with E-state index in [4.69, 9.17) is 16.3 Å². The monoisotopic (exact) mass is 476 g/mol. The highest BCUT2D eigenvalue weighted by Gasteiger charge is 2.52. The maximum Gasteiger partial charge on any atom is 0.268 e. The number of aromatic nitrogens is 1. The van der Waals surface area contributed by atoms with E-state index in [1.165, 1.54) is 6.07 Å². The van der Waals surface area contributed by atoms with Gasteiger partial charge in [-0.2, -0.15) is 4.39 Å². The van der Waals surface area contributed by atoms with E-state index in [2.05, 4.69) is 9.88 Å². The first-order valence-corrected chi connectivity index (χ1v) is 11.2. The van der Waals surface area contributed by atoms with Gasteiger partial charge in [0.15, 0.2) is 10.7 Å². The number of pyridine rings is 1. The lowest BCUT2D eigenvalue weighted by Crippen LogP contribution is -2.41. The fraction of sp³-hybridized carbons (Fsp3) is 0.421. The summed E-state index contributed by atoms with van der Waals surface area (Å²) in [5, 5.41) is -0.520. The molecule has 12 heteroatoms. The highest BCUT2D eigenvalue weighted by Crippen LogP contribution is 2.43. The third-order valence-electron chi connectivity index (χ3n) is 5.78. The van der Waals surface area contributed by atoms with Crippen molar-refractivity contribution in [3.05, 3.63) is 46.9 Å². The summed E-state index contributed by atoms with van der Waals surface area (Å²) in [5.41, 5.74) is -0.451. The third kappa shape index (κ3) is 3.84. The number of methoxy groups -OCH3 is 1. The van der Waals surface area contributed by atoms with Crippen LogP contribution < -0.4 is 9.62 Å². The number of nitrogens with zero attached hydrogens (tertiary/aromatic N) is 3. The number of rotatable bonds is 5. The molecule has 2 saturated heterocycles. The van der Waals surface area contributed by atoms with Gasteiger partial charge < -0.3 is 14.5 Å². The summed E-state index contributed by atoms with van der Waals surface area (Å²) in [6.07, 6.45) is 0. The van der Waals surface area contributed by atoms with Crippen LogP contribution in [0.1, 0.15) is 0 Å². The summed E-state index contributed by atoms with van der Waals surface area (Å²) in [5.74, 6) is -4.01. The number of ether oxygens (including phenoxy) is 1. The van der Waals surface area contributed by atoms with Crippen molar-refractivity contribution < 1.29 is 26.3 Å². The second kappa shape index (κ2) is 7.80. The quantitative estimate of drug-likeness (QED) is 0.528. The molecule has 1 aromatic carbocycles. The van der Waals surface area contributed by atoms with Gasteiger partial charge in [-0.3, -0.25) is 4.72 Å². The first-order valence-electron chi connectivity index (χ1n) is 9.38. The smallest absolute Gasteiger partial charge is 0.268 e. The van der Waals surface area contributed by atoms with Crippen molar-refractivity contribution >= 4 is 33.1 Å². The zero-order valence-corrected chi connectivity index (χ0v) is 18.3. The Labute approximate surface area is 182 Å². The number of anilines is 2. The van der Waals surface area contributed by atoms with Gasteiger partial charge in [0.2, 0.25) is 5.95 Å². The number of hydrogen-bond donors (Lipinski definition) is 1. The Hall–Kier alpha value is -2.08. The first kappa shape index (κ1) is 22.1. The summed E-state index contributed by atoms with van der Waals surface area (Å²) in [4.78, 5) is 5.91. The van der Waals surface area contributed by atoms with Crippen molar-refractivity contribution in [2.45, 2.75) is 10.5 Å². The van der Waals surface area contributed by atoms with Crippen molar-refractivity contribution in [3.8, 4) is 0 Å². The van der Waals surface area contributed by atoms with E-state index in [9.17, 15) is 17.2 Å². The molecule has 0 aliphatic carbocycles. The Morgan fingerprint density at radius 1 is 1.26 bits per heavy atom. The van der Waals surface area contributed by atoms with E-state index in [1.54, 1.807) is 12.0 Å². The first-order chi connectivity index (χ1) is 14.6.